The summed E-state index contributed by atoms with van der Waals surface area (Å²) in [5.74, 6) is -2.30. The van der Waals surface area contributed by atoms with E-state index in [2.05, 4.69) is 4.74 Å². The van der Waals surface area contributed by atoms with Gasteiger partial charge >= 0.3 is 5.97 Å². The maximum Gasteiger partial charge on any atom is 0.374 e. The average Bonchev–Trinajstić information content (AvgIpc) is 2.58. The van der Waals surface area contributed by atoms with Crippen molar-refractivity contribution >= 4 is 40.7 Å². The number of ether oxygens (including phenoxy) is 1. The van der Waals surface area contributed by atoms with Crippen molar-refractivity contribution in [2.45, 2.75) is 12.8 Å². The molecule has 0 radical (unpaired) electrons. The number of methoxy groups -OCH3 is 1. The minimum Gasteiger partial charge on any atom is -0.463 e. The van der Waals surface area contributed by atoms with Crippen LogP contribution >= 0.6 is 23.2 Å². The zero-order valence-corrected chi connectivity index (χ0v) is 14.4. The molecule has 0 bridgehead atoms. The average molecular weight is 365 g/mol. The van der Waals surface area contributed by atoms with Gasteiger partial charge in [0.05, 0.1) is 23.6 Å². The van der Waals surface area contributed by atoms with Crippen LogP contribution in [0.1, 0.15) is 27.9 Å². The van der Waals surface area contributed by atoms with E-state index < -0.39 is 24.0 Å². The summed E-state index contributed by atoms with van der Waals surface area (Å²) in [4.78, 5) is 34.4. The number of rotatable bonds is 6. The second kappa shape index (κ2) is 8.08. The van der Waals surface area contributed by atoms with Gasteiger partial charge in [0.15, 0.2) is 5.78 Å². The number of carbonyl (C=O) groups is 3. The number of benzene rings is 2. The molecule has 2 aromatic carbocycles. The highest BCUT2D eigenvalue weighted by molar-refractivity contribution is 6.42. The normalized spacial score (nSPS) is 10.3. The highest BCUT2D eigenvalue weighted by Crippen LogP contribution is 2.24. The van der Waals surface area contributed by atoms with Gasteiger partial charge in [-0.15, -0.1) is 0 Å². The van der Waals surface area contributed by atoms with E-state index in [0.717, 1.165) is 18.2 Å². The summed E-state index contributed by atoms with van der Waals surface area (Å²) in [5, 5.41) is 0.985. The van der Waals surface area contributed by atoms with E-state index >= 15 is 0 Å². The van der Waals surface area contributed by atoms with Crippen molar-refractivity contribution in [3.8, 4) is 0 Å². The van der Waals surface area contributed by atoms with E-state index in [-0.39, 0.29) is 0 Å². The number of hydrogen-bond acceptors (Lipinski definition) is 4. The van der Waals surface area contributed by atoms with Gasteiger partial charge in [0, 0.05) is 5.56 Å². The summed E-state index contributed by atoms with van der Waals surface area (Å²) >= 11 is 11.9. The van der Waals surface area contributed by atoms with Gasteiger partial charge in [-0.1, -0.05) is 53.5 Å². The summed E-state index contributed by atoms with van der Waals surface area (Å²) in [6, 6.07) is 12.2. The Morgan fingerprint density at radius 2 is 1.54 bits per heavy atom. The van der Waals surface area contributed by atoms with Gasteiger partial charge < -0.3 is 4.74 Å². The van der Waals surface area contributed by atoms with Crippen LogP contribution < -0.4 is 0 Å². The minimum atomic E-state index is -1.01. The number of esters is 1. The van der Waals surface area contributed by atoms with E-state index in [1.165, 1.54) is 0 Å². The topological polar surface area (TPSA) is 60.4 Å². The van der Waals surface area contributed by atoms with Gasteiger partial charge in [-0.25, -0.2) is 4.79 Å². The lowest BCUT2D eigenvalue weighted by Gasteiger charge is -2.05. The zero-order valence-electron chi connectivity index (χ0n) is 12.8. The number of carbonyl (C=O) groups excluding carboxylic acids is 3. The van der Waals surface area contributed by atoms with E-state index in [9.17, 15) is 14.4 Å². The Morgan fingerprint density at radius 3 is 2.12 bits per heavy atom. The molecule has 0 saturated heterocycles. The van der Waals surface area contributed by atoms with Crippen LogP contribution in [0.2, 0.25) is 10.0 Å². The lowest BCUT2D eigenvalue weighted by Crippen LogP contribution is -2.19. The zero-order chi connectivity index (χ0) is 17.7. The Kier molecular flexibility index (Phi) is 6.12. The summed E-state index contributed by atoms with van der Waals surface area (Å²) in [7, 11) is 1.10. The Bertz CT molecular complexity index is 782. The maximum atomic E-state index is 12.0. The predicted molar refractivity (Wildman–Crippen MR) is 91.7 cm³/mol. The fourth-order valence-corrected chi connectivity index (χ4v) is 2.45. The third kappa shape index (κ3) is 4.66. The highest BCUT2D eigenvalue weighted by Gasteiger charge is 2.19. The van der Waals surface area contributed by atoms with Gasteiger partial charge in [0.25, 0.3) is 0 Å². The van der Waals surface area contributed by atoms with E-state index in [4.69, 9.17) is 23.2 Å². The number of halogens is 2. The van der Waals surface area contributed by atoms with Crippen molar-refractivity contribution < 1.29 is 19.1 Å². The van der Waals surface area contributed by atoms with Crippen molar-refractivity contribution in [2.24, 2.45) is 0 Å². The van der Waals surface area contributed by atoms with Crippen molar-refractivity contribution in [3.05, 3.63) is 69.2 Å². The molecular formula is C18H14Cl2O4. The van der Waals surface area contributed by atoms with Crippen LogP contribution in [-0.2, 0) is 20.7 Å². The molecule has 0 amide bonds. The van der Waals surface area contributed by atoms with E-state index in [0.29, 0.717) is 22.0 Å². The summed E-state index contributed by atoms with van der Waals surface area (Å²) in [6.07, 6.45) is 0.130. The molecule has 4 nitrogen and oxygen atoms in total. The van der Waals surface area contributed by atoms with Gasteiger partial charge in [0.2, 0.25) is 5.78 Å². The molecule has 0 aromatic heterocycles. The monoisotopic (exact) mass is 364 g/mol. The summed E-state index contributed by atoms with van der Waals surface area (Å²) in [6.45, 7) is 0. The standard InChI is InChI=1S/C18H14Cl2O4/c1-24-18(23)17(22)10-16(21)13-5-2-11(3-6-13)8-12-4-7-14(19)15(20)9-12/h2-7,9H,8,10H2,1H3. The fourth-order valence-electron chi connectivity index (χ4n) is 2.13. The first kappa shape index (κ1) is 18.2. The molecule has 0 unspecified atom stereocenters. The minimum absolute atomic E-state index is 0.366. The van der Waals surface area contributed by atoms with E-state index in [1.54, 1.807) is 36.4 Å². The highest BCUT2D eigenvalue weighted by atomic mass is 35.5. The molecule has 124 valence electrons. The SMILES string of the molecule is COC(=O)C(=O)CC(=O)c1ccc(Cc2ccc(Cl)c(Cl)c2)cc1. The molecule has 0 aliphatic heterocycles. The van der Waals surface area contributed by atoms with Crippen LogP contribution in [0.3, 0.4) is 0 Å². The van der Waals surface area contributed by atoms with Gasteiger partial charge in [-0.2, -0.15) is 0 Å². The summed E-state index contributed by atoms with van der Waals surface area (Å²) < 4.78 is 4.29. The second-order valence-electron chi connectivity index (χ2n) is 5.14. The third-order valence-corrected chi connectivity index (χ3v) is 4.14. The Hall–Kier alpha value is -2.17. The molecular weight excluding hydrogens is 351 g/mol. The maximum absolute atomic E-state index is 12.0. The predicted octanol–water partition coefficient (Wildman–Crippen LogP) is 3.90. The van der Waals surface area contributed by atoms with Crippen LogP contribution in [-0.4, -0.2) is 24.6 Å². The largest absolute Gasteiger partial charge is 0.463 e. The van der Waals surface area contributed by atoms with Gasteiger partial charge in [-0.05, 0) is 29.7 Å². The van der Waals surface area contributed by atoms with Crippen LogP contribution in [0.25, 0.3) is 0 Å². The Labute approximate surface area is 149 Å². The molecule has 24 heavy (non-hydrogen) atoms. The molecule has 0 spiro atoms. The third-order valence-electron chi connectivity index (χ3n) is 3.40. The van der Waals surface area contributed by atoms with Gasteiger partial charge in [-0.3, -0.25) is 9.59 Å². The molecule has 2 rings (SSSR count). The fraction of sp³-hybridized carbons (Fsp3) is 0.167. The van der Waals surface area contributed by atoms with Crippen LogP contribution in [0.15, 0.2) is 42.5 Å². The first-order valence-electron chi connectivity index (χ1n) is 7.08. The smallest absolute Gasteiger partial charge is 0.374 e. The van der Waals surface area contributed by atoms with Crippen molar-refractivity contribution in [2.75, 3.05) is 7.11 Å². The quantitative estimate of drug-likeness (QED) is 0.337. The molecule has 0 aliphatic carbocycles. The van der Waals surface area contributed by atoms with Crippen LogP contribution in [0, 0.1) is 0 Å². The molecule has 0 aliphatic rings. The number of ketones is 2. The molecule has 6 heteroatoms. The molecule has 0 N–H and O–H groups in total. The first-order valence-corrected chi connectivity index (χ1v) is 7.83. The Morgan fingerprint density at radius 1 is 0.917 bits per heavy atom. The van der Waals surface area contributed by atoms with Gasteiger partial charge in [0.1, 0.15) is 0 Å². The van der Waals surface area contributed by atoms with E-state index in [1.807, 2.05) is 6.07 Å². The lowest BCUT2D eigenvalue weighted by atomic mass is 10.0. The molecule has 0 atom stereocenters. The van der Waals surface area contributed by atoms with Crippen LogP contribution in [0.5, 0.6) is 0 Å². The Balaban J connectivity index is 2.04. The lowest BCUT2D eigenvalue weighted by molar-refractivity contribution is -0.151. The van der Waals surface area contributed by atoms with Crippen LogP contribution in [0.4, 0.5) is 0 Å². The van der Waals surface area contributed by atoms with Crippen molar-refractivity contribution in [1.82, 2.24) is 0 Å². The molecule has 2 aromatic rings. The summed E-state index contributed by atoms with van der Waals surface area (Å²) in [5.41, 5.74) is 2.33. The second-order valence-corrected chi connectivity index (χ2v) is 5.95. The molecule has 0 heterocycles. The molecule has 0 fully saturated rings. The first-order chi connectivity index (χ1) is 11.4. The number of hydrogen-bond donors (Lipinski definition) is 0. The van der Waals surface area contributed by atoms with Crippen molar-refractivity contribution in [1.29, 1.82) is 0 Å². The number of Topliss-reactive ketones (excluding diaryl/α,β-unsaturated/α-hetero) is 2. The van der Waals surface area contributed by atoms with Crippen molar-refractivity contribution in [3.63, 3.8) is 0 Å². The molecule has 0 saturated carbocycles.